The van der Waals surface area contributed by atoms with Gasteiger partial charge in [0.1, 0.15) is 0 Å². The van der Waals surface area contributed by atoms with Gasteiger partial charge in [-0.25, -0.2) is 0 Å². The smallest absolute Gasteiger partial charge is 0.0917 e. The minimum atomic E-state index is -0.394. The van der Waals surface area contributed by atoms with Crippen LogP contribution >= 0.6 is 0 Å². The molecule has 2 nitrogen and oxygen atoms in total. The summed E-state index contributed by atoms with van der Waals surface area (Å²) in [4.78, 5) is 0. The normalized spacial score (nSPS) is 25.3. The van der Waals surface area contributed by atoms with Crippen molar-refractivity contribution in [3.8, 4) is 0 Å². The first-order valence-electron chi connectivity index (χ1n) is 7.56. The van der Waals surface area contributed by atoms with Gasteiger partial charge in [0, 0.05) is 12.6 Å². The van der Waals surface area contributed by atoms with E-state index in [0.717, 1.165) is 11.5 Å². The van der Waals surface area contributed by atoms with E-state index in [4.69, 9.17) is 0 Å². The first-order valence-corrected chi connectivity index (χ1v) is 7.56. The lowest BCUT2D eigenvalue weighted by Gasteiger charge is -2.30. The van der Waals surface area contributed by atoms with E-state index >= 15 is 0 Å². The summed E-state index contributed by atoms with van der Waals surface area (Å²) in [5.41, 5.74) is 3.50. The molecule has 2 N–H and O–H groups in total. The number of aliphatic hydroxyl groups is 1. The van der Waals surface area contributed by atoms with Crippen LogP contribution in [0.4, 0.5) is 0 Å². The van der Waals surface area contributed by atoms with Crippen LogP contribution in [0.5, 0.6) is 0 Å². The molecule has 1 aliphatic rings. The van der Waals surface area contributed by atoms with Crippen LogP contribution in [0.2, 0.25) is 0 Å². The molecule has 2 rings (SSSR count). The van der Waals surface area contributed by atoms with E-state index in [1.54, 1.807) is 0 Å². The molecule has 106 valence electrons. The van der Waals surface area contributed by atoms with Crippen molar-refractivity contribution in [2.24, 2.45) is 5.92 Å². The quantitative estimate of drug-likeness (QED) is 0.869. The van der Waals surface area contributed by atoms with Crippen molar-refractivity contribution >= 4 is 0 Å². The van der Waals surface area contributed by atoms with E-state index in [1.165, 1.54) is 36.8 Å². The monoisotopic (exact) mass is 261 g/mol. The van der Waals surface area contributed by atoms with Gasteiger partial charge in [0.05, 0.1) is 6.10 Å². The average Bonchev–Trinajstić information content (AvgIpc) is 2.37. The highest BCUT2D eigenvalue weighted by molar-refractivity contribution is 5.32. The molecule has 1 aromatic carbocycles. The van der Waals surface area contributed by atoms with Crippen molar-refractivity contribution in [3.05, 3.63) is 34.9 Å². The summed E-state index contributed by atoms with van der Waals surface area (Å²) in [6.07, 6.45) is 4.85. The number of rotatable bonds is 4. The molecule has 19 heavy (non-hydrogen) atoms. The van der Waals surface area contributed by atoms with Crippen LogP contribution in [-0.2, 0) is 0 Å². The maximum absolute atomic E-state index is 10.3. The Morgan fingerprint density at radius 2 is 2.00 bits per heavy atom. The third-order valence-electron chi connectivity index (χ3n) is 4.47. The van der Waals surface area contributed by atoms with Crippen LogP contribution < -0.4 is 5.32 Å². The van der Waals surface area contributed by atoms with Gasteiger partial charge in [-0.15, -0.1) is 0 Å². The Morgan fingerprint density at radius 1 is 1.26 bits per heavy atom. The lowest BCUT2D eigenvalue weighted by molar-refractivity contribution is 0.157. The first-order chi connectivity index (χ1) is 9.08. The number of aryl methyl sites for hydroxylation is 2. The van der Waals surface area contributed by atoms with E-state index < -0.39 is 6.10 Å². The number of nitrogens with one attached hydrogen (secondary N) is 1. The number of hydrogen-bond acceptors (Lipinski definition) is 2. The molecule has 1 saturated carbocycles. The lowest BCUT2D eigenvalue weighted by atomic mass is 9.86. The van der Waals surface area contributed by atoms with E-state index in [1.807, 2.05) is 0 Å². The zero-order valence-corrected chi connectivity index (χ0v) is 12.4. The van der Waals surface area contributed by atoms with Crippen LogP contribution in [0.3, 0.4) is 0 Å². The van der Waals surface area contributed by atoms with Gasteiger partial charge in [0.2, 0.25) is 0 Å². The van der Waals surface area contributed by atoms with Crippen LogP contribution in [0.25, 0.3) is 0 Å². The van der Waals surface area contributed by atoms with Crippen LogP contribution in [-0.4, -0.2) is 17.7 Å². The highest BCUT2D eigenvalue weighted by Crippen LogP contribution is 2.25. The molecule has 0 aromatic heterocycles. The van der Waals surface area contributed by atoms with Crippen molar-refractivity contribution in [2.75, 3.05) is 6.54 Å². The lowest BCUT2D eigenvalue weighted by Crippen LogP contribution is -2.39. The van der Waals surface area contributed by atoms with Crippen LogP contribution in [0.15, 0.2) is 18.2 Å². The van der Waals surface area contributed by atoms with E-state index in [-0.39, 0.29) is 0 Å². The SMILES string of the molecule is Cc1ccc(C(O)CNC2CCCCC2C)c(C)c1. The molecule has 1 aliphatic carbocycles. The number of benzene rings is 1. The molecule has 0 saturated heterocycles. The molecular formula is C17H27NO. The van der Waals surface area contributed by atoms with Crippen molar-refractivity contribution in [3.63, 3.8) is 0 Å². The highest BCUT2D eigenvalue weighted by Gasteiger charge is 2.21. The second-order valence-corrected chi connectivity index (χ2v) is 6.15. The minimum Gasteiger partial charge on any atom is -0.387 e. The summed E-state index contributed by atoms with van der Waals surface area (Å²) >= 11 is 0. The van der Waals surface area contributed by atoms with Gasteiger partial charge in [-0.3, -0.25) is 0 Å². The predicted molar refractivity (Wildman–Crippen MR) is 80.3 cm³/mol. The third kappa shape index (κ3) is 3.80. The zero-order chi connectivity index (χ0) is 13.8. The Hall–Kier alpha value is -0.860. The Morgan fingerprint density at radius 3 is 2.68 bits per heavy atom. The minimum absolute atomic E-state index is 0.394. The Balaban J connectivity index is 1.91. The first kappa shape index (κ1) is 14.5. The zero-order valence-electron chi connectivity index (χ0n) is 12.4. The van der Waals surface area contributed by atoms with Crippen molar-refractivity contribution < 1.29 is 5.11 Å². The highest BCUT2D eigenvalue weighted by atomic mass is 16.3. The molecule has 0 heterocycles. The fourth-order valence-electron chi connectivity index (χ4n) is 3.19. The third-order valence-corrected chi connectivity index (χ3v) is 4.47. The second-order valence-electron chi connectivity index (χ2n) is 6.15. The molecular weight excluding hydrogens is 234 g/mol. The number of hydrogen-bond donors (Lipinski definition) is 2. The molecule has 0 spiro atoms. The maximum Gasteiger partial charge on any atom is 0.0917 e. The molecule has 0 radical (unpaired) electrons. The van der Waals surface area contributed by atoms with Gasteiger partial charge in [0.25, 0.3) is 0 Å². The molecule has 0 amide bonds. The van der Waals surface area contributed by atoms with Gasteiger partial charge >= 0.3 is 0 Å². The van der Waals surface area contributed by atoms with Gasteiger partial charge in [-0.1, -0.05) is 43.5 Å². The van der Waals surface area contributed by atoms with Gasteiger partial charge < -0.3 is 10.4 Å². The summed E-state index contributed by atoms with van der Waals surface area (Å²) in [5.74, 6) is 0.736. The summed E-state index contributed by atoms with van der Waals surface area (Å²) in [7, 11) is 0. The molecule has 1 aromatic rings. The summed E-state index contributed by atoms with van der Waals surface area (Å²) in [6, 6.07) is 6.85. The fraction of sp³-hybridized carbons (Fsp3) is 0.647. The summed E-state index contributed by atoms with van der Waals surface area (Å²) in [5, 5.41) is 13.9. The average molecular weight is 261 g/mol. The van der Waals surface area contributed by atoms with Crippen molar-refractivity contribution in [2.45, 2.75) is 58.6 Å². The predicted octanol–water partition coefficient (Wildman–Crippen LogP) is 3.51. The van der Waals surface area contributed by atoms with Gasteiger partial charge in [-0.05, 0) is 43.7 Å². The van der Waals surface area contributed by atoms with E-state index in [0.29, 0.717) is 12.6 Å². The maximum atomic E-state index is 10.3. The number of aliphatic hydroxyl groups excluding tert-OH is 1. The van der Waals surface area contributed by atoms with E-state index in [9.17, 15) is 5.11 Å². The molecule has 3 atom stereocenters. The molecule has 2 heteroatoms. The Kier molecular flexibility index (Phi) is 5.00. The second kappa shape index (κ2) is 6.53. The van der Waals surface area contributed by atoms with E-state index in [2.05, 4.69) is 44.3 Å². The Bertz CT molecular complexity index is 416. The molecule has 1 fully saturated rings. The fourth-order valence-corrected chi connectivity index (χ4v) is 3.19. The van der Waals surface area contributed by atoms with Gasteiger partial charge in [-0.2, -0.15) is 0 Å². The van der Waals surface area contributed by atoms with Crippen LogP contribution in [0, 0.1) is 19.8 Å². The largest absolute Gasteiger partial charge is 0.387 e. The van der Waals surface area contributed by atoms with Gasteiger partial charge in [0.15, 0.2) is 0 Å². The standard InChI is InChI=1S/C17H27NO/c1-12-8-9-15(14(3)10-12)17(19)11-18-16-7-5-4-6-13(16)2/h8-10,13,16-19H,4-7,11H2,1-3H3. The summed E-state index contributed by atoms with van der Waals surface area (Å²) < 4.78 is 0. The molecule has 3 unspecified atom stereocenters. The Labute approximate surface area is 117 Å². The summed E-state index contributed by atoms with van der Waals surface area (Å²) in [6.45, 7) is 7.15. The molecule has 0 bridgehead atoms. The van der Waals surface area contributed by atoms with Crippen molar-refractivity contribution in [1.82, 2.24) is 5.32 Å². The van der Waals surface area contributed by atoms with Crippen LogP contribution in [0.1, 0.15) is 55.4 Å². The molecule has 0 aliphatic heterocycles. The van der Waals surface area contributed by atoms with Crippen molar-refractivity contribution in [1.29, 1.82) is 0 Å². The topological polar surface area (TPSA) is 32.3 Å².